The number of benzene rings is 1. The van der Waals surface area contributed by atoms with Crippen molar-refractivity contribution in [3.8, 4) is 6.07 Å². The van der Waals surface area contributed by atoms with Crippen LogP contribution in [-0.2, 0) is 0 Å². The van der Waals surface area contributed by atoms with Crippen LogP contribution in [0.25, 0.3) is 0 Å². The molecule has 5 nitrogen and oxygen atoms in total. The van der Waals surface area contributed by atoms with Gasteiger partial charge in [-0.05, 0) is 24.3 Å². The zero-order chi connectivity index (χ0) is 10.4. The normalized spacial score (nSPS) is 10.6. The molecule has 0 spiro atoms. The fourth-order valence-electron chi connectivity index (χ4n) is 0.891. The maximum Gasteiger partial charge on any atom is 0.158 e. The number of hydrogen-bond acceptors (Lipinski definition) is 4. The van der Waals surface area contributed by atoms with Crippen molar-refractivity contribution in [3.63, 3.8) is 0 Å². The maximum absolute atomic E-state index is 8.54. The standard InChI is InChI=1S/C9H10N4O/c10-5-7-1-3-8(4-2-7)12-6-9(11)13-14/h1-4,12,14H,6H2,(H2,11,13). The molecule has 0 atom stereocenters. The van der Waals surface area contributed by atoms with Crippen molar-refractivity contribution in [1.82, 2.24) is 0 Å². The zero-order valence-corrected chi connectivity index (χ0v) is 7.44. The van der Waals surface area contributed by atoms with E-state index >= 15 is 0 Å². The van der Waals surface area contributed by atoms with Gasteiger partial charge < -0.3 is 16.3 Å². The van der Waals surface area contributed by atoms with Crippen LogP contribution in [0.5, 0.6) is 0 Å². The molecule has 72 valence electrons. The first-order chi connectivity index (χ1) is 6.76. The summed E-state index contributed by atoms with van der Waals surface area (Å²) in [4.78, 5) is 0. The van der Waals surface area contributed by atoms with E-state index in [9.17, 15) is 0 Å². The summed E-state index contributed by atoms with van der Waals surface area (Å²) in [6.45, 7) is 0.266. The van der Waals surface area contributed by atoms with Gasteiger partial charge in [-0.1, -0.05) is 5.16 Å². The third-order valence-corrected chi connectivity index (χ3v) is 1.62. The topological polar surface area (TPSA) is 94.4 Å². The summed E-state index contributed by atoms with van der Waals surface area (Å²) in [5, 5.41) is 22.6. The van der Waals surface area contributed by atoms with Crippen molar-refractivity contribution >= 4 is 11.5 Å². The van der Waals surface area contributed by atoms with E-state index in [0.29, 0.717) is 5.56 Å². The van der Waals surface area contributed by atoms with Crippen molar-refractivity contribution in [3.05, 3.63) is 29.8 Å². The molecule has 0 aliphatic heterocycles. The molecule has 1 rings (SSSR count). The summed E-state index contributed by atoms with van der Waals surface area (Å²) < 4.78 is 0. The summed E-state index contributed by atoms with van der Waals surface area (Å²) in [5.41, 5.74) is 6.67. The molecule has 0 aromatic heterocycles. The number of nitrogens with zero attached hydrogens (tertiary/aromatic N) is 2. The van der Waals surface area contributed by atoms with E-state index in [2.05, 4.69) is 10.5 Å². The van der Waals surface area contributed by atoms with E-state index in [4.69, 9.17) is 16.2 Å². The van der Waals surface area contributed by atoms with Gasteiger partial charge >= 0.3 is 0 Å². The predicted molar refractivity (Wildman–Crippen MR) is 53.1 cm³/mol. The highest BCUT2D eigenvalue weighted by molar-refractivity contribution is 5.84. The highest BCUT2D eigenvalue weighted by Gasteiger charge is 1.94. The van der Waals surface area contributed by atoms with E-state index in [1.807, 2.05) is 6.07 Å². The number of oxime groups is 1. The van der Waals surface area contributed by atoms with Gasteiger partial charge in [-0.25, -0.2) is 0 Å². The average molecular weight is 190 g/mol. The molecule has 0 radical (unpaired) electrons. The van der Waals surface area contributed by atoms with E-state index in [0.717, 1.165) is 5.69 Å². The van der Waals surface area contributed by atoms with Crippen molar-refractivity contribution in [2.45, 2.75) is 0 Å². The van der Waals surface area contributed by atoms with Crippen molar-refractivity contribution in [1.29, 1.82) is 5.26 Å². The van der Waals surface area contributed by atoms with Crippen molar-refractivity contribution < 1.29 is 5.21 Å². The molecule has 0 aliphatic rings. The van der Waals surface area contributed by atoms with Gasteiger partial charge in [0.05, 0.1) is 18.2 Å². The molecule has 1 aromatic rings. The van der Waals surface area contributed by atoms with Crippen LogP contribution >= 0.6 is 0 Å². The number of nitrogens with one attached hydrogen (secondary N) is 1. The molecule has 0 amide bonds. The molecule has 1 aromatic carbocycles. The van der Waals surface area contributed by atoms with Gasteiger partial charge in [0.15, 0.2) is 5.84 Å². The van der Waals surface area contributed by atoms with Crippen molar-refractivity contribution in [2.75, 3.05) is 11.9 Å². The Balaban J connectivity index is 2.57. The van der Waals surface area contributed by atoms with E-state index < -0.39 is 0 Å². The number of hydrogen-bond donors (Lipinski definition) is 3. The van der Waals surface area contributed by atoms with Crippen LogP contribution in [0.1, 0.15) is 5.56 Å². The van der Waals surface area contributed by atoms with Crippen molar-refractivity contribution in [2.24, 2.45) is 10.9 Å². The Morgan fingerprint density at radius 1 is 1.50 bits per heavy atom. The van der Waals surface area contributed by atoms with Crippen LogP contribution in [0.4, 0.5) is 5.69 Å². The van der Waals surface area contributed by atoms with Gasteiger partial charge in [-0.15, -0.1) is 0 Å². The molecule has 4 N–H and O–H groups in total. The van der Waals surface area contributed by atoms with E-state index in [1.54, 1.807) is 24.3 Å². The van der Waals surface area contributed by atoms with Crippen LogP contribution in [0.15, 0.2) is 29.4 Å². The molecule has 0 bridgehead atoms. The first-order valence-electron chi connectivity index (χ1n) is 3.96. The first-order valence-corrected chi connectivity index (χ1v) is 3.96. The van der Waals surface area contributed by atoms with Crippen LogP contribution in [0.3, 0.4) is 0 Å². The zero-order valence-electron chi connectivity index (χ0n) is 7.44. The molecule has 0 heterocycles. The molecule has 0 aliphatic carbocycles. The van der Waals surface area contributed by atoms with Gasteiger partial charge in [0.1, 0.15) is 0 Å². The lowest BCUT2D eigenvalue weighted by Gasteiger charge is -2.04. The van der Waals surface area contributed by atoms with Crippen LogP contribution in [0.2, 0.25) is 0 Å². The first kappa shape index (κ1) is 9.86. The van der Waals surface area contributed by atoms with Gasteiger partial charge in [0.25, 0.3) is 0 Å². The lowest BCUT2D eigenvalue weighted by Crippen LogP contribution is -2.22. The molecule has 5 heteroatoms. The molecule has 0 saturated carbocycles. The second kappa shape index (κ2) is 4.72. The number of nitriles is 1. The van der Waals surface area contributed by atoms with E-state index in [1.165, 1.54) is 0 Å². The van der Waals surface area contributed by atoms with Gasteiger partial charge in [-0.3, -0.25) is 0 Å². The summed E-state index contributed by atoms with van der Waals surface area (Å²) in [6, 6.07) is 8.90. The quantitative estimate of drug-likeness (QED) is 0.283. The Morgan fingerprint density at radius 2 is 2.14 bits per heavy atom. The predicted octanol–water partition coefficient (Wildman–Crippen LogP) is 0.717. The summed E-state index contributed by atoms with van der Waals surface area (Å²) >= 11 is 0. The third-order valence-electron chi connectivity index (χ3n) is 1.62. The molecule has 0 unspecified atom stereocenters. The highest BCUT2D eigenvalue weighted by Crippen LogP contribution is 2.07. The summed E-state index contributed by atoms with van der Waals surface area (Å²) in [5.74, 6) is 0.106. The number of anilines is 1. The largest absolute Gasteiger partial charge is 0.409 e. The Hall–Kier alpha value is -2.22. The van der Waals surface area contributed by atoms with Crippen LogP contribution in [0, 0.1) is 11.3 Å². The molecular formula is C9H10N4O. The van der Waals surface area contributed by atoms with Gasteiger partial charge in [0.2, 0.25) is 0 Å². The minimum Gasteiger partial charge on any atom is -0.409 e. The van der Waals surface area contributed by atoms with E-state index in [-0.39, 0.29) is 12.4 Å². The maximum atomic E-state index is 8.54. The SMILES string of the molecule is N#Cc1ccc(NC/C(N)=N\O)cc1. The lowest BCUT2D eigenvalue weighted by atomic mass is 10.2. The summed E-state index contributed by atoms with van der Waals surface area (Å²) in [7, 11) is 0. The summed E-state index contributed by atoms with van der Waals surface area (Å²) in [6.07, 6.45) is 0. The fourth-order valence-corrected chi connectivity index (χ4v) is 0.891. The third kappa shape index (κ3) is 2.68. The number of rotatable bonds is 3. The monoisotopic (exact) mass is 190 g/mol. The Morgan fingerprint density at radius 3 is 2.64 bits per heavy atom. The Kier molecular flexibility index (Phi) is 3.33. The highest BCUT2D eigenvalue weighted by atomic mass is 16.4. The second-order valence-electron chi connectivity index (χ2n) is 2.63. The Labute approximate surface area is 81.5 Å². The molecule has 0 saturated heterocycles. The smallest absolute Gasteiger partial charge is 0.158 e. The Bertz CT molecular complexity index is 363. The molecule has 0 fully saturated rings. The lowest BCUT2D eigenvalue weighted by molar-refractivity contribution is 0.317. The minimum atomic E-state index is 0.106. The molecular weight excluding hydrogens is 180 g/mol. The average Bonchev–Trinajstić information content (AvgIpc) is 2.26. The number of amidine groups is 1. The van der Waals surface area contributed by atoms with Gasteiger partial charge in [-0.2, -0.15) is 5.26 Å². The fraction of sp³-hybridized carbons (Fsp3) is 0.111. The minimum absolute atomic E-state index is 0.106. The van der Waals surface area contributed by atoms with Crippen LogP contribution < -0.4 is 11.1 Å². The number of nitrogens with two attached hydrogens (primary N) is 1. The van der Waals surface area contributed by atoms with Gasteiger partial charge in [0, 0.05) is 5.69 Å². The molecule has 14 heavy (non-hydrogen) atoms. The second-order valence-corrected chi connectivity index (χ2v) is 2.63. The van der Waals surface area contributed by atoms with Crippen LogP contribution in [-0.4, -0.2) is 17.6 Å².